The number of nitrogens with two attached hydrogens (primary N) is 1. The average molecular weight is 495 g/mol. The van der Waals surface area contributed by atoms with Gasteiger partial charge in [-0.2, -0.15) is 5.26 Å². The van der Waals surface area contributed by atoms with Crippen LogP contribution in [-0.2, 0) is 4.79 Å². The quantitative estimate of drug-likeness (QED) is 0.355. The molecule has 1 aliphatic heterocycles. The Bertz CT molecular complexity index is 1360. The predicted molar refractivity (Wildman–Crippen MR) is 129 cm³/mol. The summed E-state index contributed by atoms with van der Waals surface area (Å²) in [4.78, 5) is 12.4. The highest BCUT2D eigenvalue weighted by atomic mass is 35.5. The van der Waals surface area contributed by atoms with Crippen LogP contribution in [0, 0.1) is 25.2 Å². The highest BCUT2D eigenvalue weighted by Gasteiger charge is 2.32. The Morgan fingerprint density at radius 3 is 2.62 bits per heavy atom. The predicted octanol–water partition coefficient (Wildman–Crippen LogP) is 5.81. The van der Waals surface area contributed by atoms with Crippen molar-refractivity contribution in [2.24, 2.45) is 5.73 Å². The minimum absolute atomic E-state index is 0.0484. The molecule has 34 heavy (non-hydrogen) atoms. The van der Waals surface area contributed by atoms with Crippen molar-refractivity contribution >= 4 is 29.2 Å². The maximum absolute atomic E-state index is 12.4. The fourth-order valence-electron chi connectivity index (χ4n) is 3.73. The smallest absolute Gasteiger partial charge is 0.349 e. The molecule has 0 aliphatic carbocycles. The first kappa shape index (κ1) is 23.5. The Balaban J connectivity index is 1.57. The average Bonchev–Trinajstić information content (AvgIpc) is 2.79. The van der Waals surface area contributed by atoms with Crippen LogP contribution in [0.2, 0.25) is 10.0 Å². The maximum atomic E-state index is 12.4. The number of allylic oxidation sites excluding steroid dienone is 1. The fraction of sp³-hybridized carbons (Fsp3) is 0.154. The number of carbonyl (C=O) groups is 1. The number of hydrogen-bond acceptors (Lipinski definition) is 6. The van der Waals surface area contributed by atoms with Gasteiger partial charge >= 0.3 is 5.97 Å². The molecule has 2 N–H and O–H groups in total. The molecule has 1 atom stereocenters. The number of fused-ring (bicyclic) bond motifs is 1. The molecule has 0 saturated carbocycles. The lowest BCUT2D eigenvalue weighted by atomic mass is 9.83. The van der Waals surface area contributed by atoms with Crippen molar-refractivity contribution in [3.63, 3.8) is 0 Å². The van der Waals surface area contributed by atoms with E-state index in [2.05, 4.69) is 6.07 Å². The molecule has 3 aromatic rings. The molecule has 1 aliphatic rings. The Morgan fingerprint density at radius 2 is 1.88 bits per heavy atom. The third kappa shape index (κ3) is 4.67. The molecule has 1 unspecified atom stereocenters. The van der Waals surface area contributed by atoms with Crippen molar-refractivity contribution < 1.29 is 19.0 Å². The van der Waals surface area contributed by atoms with Gasteiger partial charge in [-0.3, -0.25) is 0 Å². The highest BCUT2D eigenvalue weighted by Crippen LogP contribution is 2.45. The van der Waals surface area contributed by atoms with E-state index in [4.69, 9.17) is 43.1 Å². The number of nitrogens with zero attached hydrogens (tertiary/aromatic N) is 1. The summed E-state index contributed by atoms with van der Waals surface area (Å²) in [5.41, 5.74) is 9.60. The Morgan fingerprint density at radius 1 is 1.12 bits per heavy atom. The molecule has 0 spiro atoms. The van der Waals surface area contributed by atoms with E-state index in [0.717, 1.165) is 11.1 Å². The summed E-state index contributed by atoms with van der Waals surface area (Å²) in [6, 6.07) is 17.6. The molecule has 0 bridgehead atoms. The number of ether oxygens (including phenoxy) is 3. The van der Waals surface area contributed by atoms with E-state index >= 15 is 0 Å². The van der Waals surface area contributed by atoms with Crippen molar-refractivity contribution in [3.05, 3.63) is 98.4 Å². The summed E-state index contributed by atoms with van der Waals surface area (Å²) in [6.45, 7) is 3.63. The van der Waals surface area contributed by atoms with Gasteiger partial charge in [0.15, 0.2) is 6.61 Å². The summed E-state index contributed by atoms with van der Waals surface area (Å²) < 4.78 is 16.7. The van der Waals surface area contributed by atoms with Crippen LogP contribution in [0.15, 0.2) is 66.1 Å². The first-order valence-electron chi connectivity index (χ1n) is 10.3. The number of carbonyl (C=O) groups excluding carboxylic acids is 1. The van der Waals surface area contributed by atoms with Crippen LogP contribution < -0.4 is 19.9 Å². The number of halogens is 2. The number of benzene rings is 3. The summed E-state index contributed by atoms with van der Waals surface area (Å²) >= 11 is 12.5. The lowest BCUT2D eigenvalue weighted by molar-refractivity contribution is -0.136. The van der Waals surface area contributed by atoms with Crippen molar-refractivity contribution in [2.45, 2.75) is 19.8 Å². The van der Waals surface area contributed by atoms with Crippen molar-refractivity contribution in [1.29, 1.82) is 5.26 Å². The molecular formula is C26H20Cl2N2O4. The van der Waals surface area contributed by atoms with E-state index in [1.54, 1.807) is 42.5 Å². The molecule has 172 valence electrons. The minimum atomic E-state index is -0.574. The summed E-state index contributed by atoms with van der Waals surface area (Å²) in [5.74, 6) is 0.0462. The number of rotatable bonds is 5. The molecule has 4 rings (SSSR count). The standard InChI is InChI=1S/C26H20Cl2N2O4/c1-14-4-3-5-22(15(14)2)32-13-24(31)33-17-7-9-19-23(11-17)34-26(30)20(12-29)25(19)18-8-6-16(27)10-21(18)28/h3-11,25H,13,30H2,1-2H3. The fourth-order valence-corrected chi connectivity index (χ4v) is 4.25. The largest absolute Gasteiger partial charge is 0.482 e. The zero-order valence-electron chi connectivity index (χ0n) is 18.4. The molecule has 0 radical (unpaired) electrons. The first-order chi connectivity index (χ1) is 16.3. The van der Waals surface area contributed by atoms with Crippen molar-refractivity contribution in [3.8, 4) is 23.3 Å². The van der Waals surface area contributed by atoms with Crippen LogP contribution in [0.1, 0.15) is 28.2 Å². The zero-order chi connectivity index (χ0) is 24.4. The summed E-state index contributed by atoms with van der Waals surface area (Å²) in [5, 5.41) is 10.6. The lowest BCUT2D eigenvalue weighted by Crippen LogP contribution is -2.22. The highest BCUT2D eigenvalue weighted by molar-refractivity contribution is 6.35. The summed E-state index contributed by atoms with van der Waals surface area (Å²) in [6.07, 6.45) is 0. The Hall–Kier alpha value is -3.66. The van der Waals surface area contributed by atoms with Gasteiger partial charge in [0.05, 0.1) is 5.92 Å². The lowest BCUT2D eigenvalue weighted by Gasteiger charge is -2.27. The third-order valence-electron chi connectivity index (χ3n) is 5.60. The minimum Gasteiger partial charge on any atom is -0.482 e. The van der Waals surface area contributed by atoms with E-state index in [1.165, 1.54) is 0 Å². The molecule has 0 fully saturated rings. The van der Waals surface area contributed by atoms with Crippen LogP contribution in [-0.4, -0.2) is 12.6 Å². The van der Waals surface area contributed by atoms with E-state index in [9.17, 15) is 10.1 Å². The molecule has 1 heterocycles. The first-order valence-corrected chi connectivity index (χ1v) is 11.1. The van der Waals surface area contributed by atoms with E-state index in [-0.39, 0.29) is 23.8 Å². The van der Waals surface area contributed by atoms with E-state index in [0.29, 0.717) is 32.7 Å². The second-order valence-corrected chi connectivity index (χ2v) is 8.59. The SMILES string of the molecule is Cc1cccc(OCC(=O)Oc2ccc3c(c2)OC(N)=C(C#N)C3c2ccc(Cl)cc2Cl)c1C. The van der Waals surface area contributed by atoms with Gasteiger partial charge in [-0.05, 0) is 54.8 Å². The van der Waals surface area contributed by atoms with Gasteiger partial charge < -0.3 is 19.9 Å². The van der Waals surface area contributed by atoms with Gasteiger partial charge in [0, 0.05) is 21.7 Å². The van der Waals surface area contributed by atoms with Gasteiger partial charge in [-0.25, -0.2) is 4.79 Å². The third-order valence-corrected chi connectivity index (χ3v) is 6.16. The van der Waals surface area contributed by atoms with Gasteiger partial charge in [0.2, 0.25) is 5.88 Å². The van der Waals surface area contributed by atoms with Crippen molar-refractivity contribution in [1.82, 2.24) is 0 Å². The number of nitriles is 1. The van der Waals surface area contributed by atoms with E-state index in [1.807, 2.05) is 26.0 Å². The molecule has 6 nitrogen and oxygen atoms in total. The number of esters is 1. The van der Waals surface area contributed by atoms with Crippen LogP contribution >= 0.6 is 23.2 Å². The topological polar surface area (TPSA) is 94.6 Å². The molecule has 0 saturated heterocycles. The molecule has 0 amide bonds. The van der Waals surface area contributed by atoms with Gasteiger partial charge in [-0.1, -0.05) is 47.5 Å². The van der Waals surface area contributed by atoms with Crippen LogP contribution in [0.4, 0.5) is 0 Å². The summed E-state index contributed by atoms with van der Waals surface area (Å²) in [7, 11) is 0. The zero-order valence-corrected chi connectivity index (χ0v) is 19.9. The maximum Gasteiger partial charge on any atom is 0.349 e. The van der Waals surface area contributed by atoms with Crippen LogP contribution in [0.5, 0.6) is 17.2 Å². The van der Waals surface area contributed by atoms with Gasteiger partial charge in [0.1, 0.15) is 28.9 Å². The van der Waals surface area contributed by atoms with Crippen LogP contribution in [0.25, 0.3) is 0 Å². The number of aryl methyl sites for hydroxylation is 1. The normalized spacial score (nSPS) is 14.6. The Labute approximate surface area is 207 Å². The Kier molecular flexibility index (Phi) is 6.69. The van der Waals surface area contributed by atoms with Gasteiger partial charge in [0.25, 0.3) is 0 Å². The molecular weight excluding hydrogens is 475 g/mol. The second-order valence-electron chi connectivity index (χ2n) is 7.75. The van der Waals surface area contributed by atoms with Crippen LogP contribution in [0.3, 0.4) is 0 Å². The molecule has 3 aromatic carbocycles. The van der Waals surface area contributed by atoms with Gasteiger partial charge in [-0.15, -0.1) is 0 Å². The van der Waals surface area contributed by atoms with Crippen molar-refractivity contribution in [2.75, 3.05) is 6.61 Å². The molecule has 8 heteroatoms. The monoisotopic (exact) mass is 494 g/mol. The number of hydrogen-bond donors (Lipinski definition) is 1. The van der Waals surface area contributed by atoms with E-state index < -0.39 is 11.9 Å². The molecule has 0 aromatic heterocycles. The second kappa shape index (κ2) is 9.68.